The van der Waals surface area contributed by atoms with Crippen molar-refractivity contribution in [3.63, 3.8) is 0 Å². The van der Waals surface area contributed by atoms with Gasteiger partial charge in [0.2, 0.25) is 5.91 Å². The van der Waals surface area contributed by atoms with Gasteiger partial charge in [-0.05, 0) is 40.5 Å². The number of ketones is 1. The Kier molecular flexibility index (Phi) is 3.98. The molecule has 0 unspecified atom stereocenters. The molecule has 0 aliphatic heterocycles. The van der Waals surface area contributed by atoms with Gasteiger partial charge in [-0.15, -0.1) is 0 Å². The number of ether oxygens (including phenoxy) is 1. The summed E-state index contributed by atoms with van der Waals surface area (Å²) in [5.41, 5.74) is -1.49. The van der Waals surface area contributed by atoms with E-state index in [-0.39, 0.29) is 18.2 Å². The monoisotopic (exact) mass is 256 g/mol. The van der Waals surface area contributed by atoms with Gasteiger partial charge in [-0.25, -0.2) is 4.79 Å². The summed E-state index contributed by atoms with van der Waals surface area (Å²) < 4.78 is 5.09. The molecular weight excluding hydrogens is 236 g/mol. The first-order valence-electron chi connectivity index (χ1n) is 5.93. The number of carbonyl (C=O) groups is 3. The third-order valence-corrected chi connectivity index (χ3v) is 2.42. The number of Topliss-reactive ketones (excluding diaryl/α,β-unsaturated/α-hetero) is 1. The van der Waals surface area contributed by atoms with E-state index in [1.54, 1.807) is 20.8 Å². The summed E-state index contributed by atoms with van der Waals surface area (Å²) >= 11 is 0. The van der Waals surface area contributed by atoms with E-state index in [1.807, 2.05) is 0 Å². The van der Waals surface area contributed by atoms with E-state index in [2.05, 4.69) is 10.6 Å². The van der Waals surface area contributed by atoms with Crippen molar-refractivity contribution in [2.75, 3.05) is 6.54 Å². The Balaban J connectivity index is 2.48. The van der Waals surface area contributed by atoms with E-state index >= 15 is 0 Å². The van der Waals surface area contributed by atoms with Crippen LogP contribution in [-0.4, -0.2) is 35.5 Å². The lowest BCUT2D eigenvalue weighted by Crippen LogP contribution is -2.51. The standard InChI is InChI=1S/C12H20N2O4/c1-8(15)7-13-9(16)12(5-6-12)14-10(17)18-11(2,3)4/h5-7H2,1-4H3,(H,13,16)(H,14,17). The van der Waals surface area contributed by atoms with E-state index in [4.69, 9.17) is 4.74 Å². The summed E-state index contributed by atoms with van der Waals surface area (Å²) in [6.45, 7) is 6.63. The van der Waals surface area contributed by atoms with Crippen LogP contribution in [0, 0.1) is 0 Å². The van der Waals surface area contributed by atoms with Crippen molar-refractivity contribution in [2.24, 2.45) is 0 Å². The molecule has 1 aliphatic rings. The van der Waals surface area contributed by atoms with Gasteiger partial charge in [0.25, 0.3) is 0 Å². The maximum Gasteiger partial charge on any atom is 0.408 e. The summed E-state index contributed by atoms with van der Waals surface area (Å²) in [7, 11) is 0. The van der Waals surface area contributed by atoms with Crippen molar-refractivity contribution < 1.29 is 19.1 Å². The van der Waals surface area contributed by atoms with Crippen molar-refractivity contribution in [3.8, 4) is 0 Å². The van der Waals surface area contributed by atoms with Gasteiger partial charge in [-0.1, -0.05) is 0 Å². The lowest BCUT2D eigenvalue weighted by Gasteiger charge is -2.22. The van der Waals surface area contributed by atoms with Gasteiger partial charge >= 0.3 is 6.09 Å². The van der Waals surface area contributed by atoms with Crippen molar-refractivity contribution in [1.82, 2.24) is 10.6 Å². The van der Waals surface area contributed by atoms with Gasteiger partial charge in [-0.3, -0.25) is 9.59 Å². The zero-order chi connectivity index (χ0) is 14.0. The second-order valence-electron chi connectivity index (χ2n) is 5.59. The van der Waals surface area contributed by atoms with E-state index in [0.29, 0.717) is 12.8 Å². The zero-order valence-corrected chi connectivity index (χ0v) is 11.3. The molecule has 18 heavy (non-hydrogen) atoms. The van der Waals surface area contributed by atoms with E-state index in [0.717, 1.165) is 0 Å². The molecule has 0 aromatic carbocycles. The largest absolute Gasteiger partial charge is 0.444 e. The molecule has 2 N–H and O–H groups in total. The highest BCUT2D eigenvalue weighted by Gasteiger charge is 2.51. The van der Waals surface area contributed by atoms with Crippen LogP contribution in [0.2, 0.25) is 0 Å². The topological polar surface area (TPSA) is 84.5 Å². The van der Waals surface area contributed by atoms with Crippen molar-refractivity contribution in [3.05, 3.63) is 0 Å². The van der Waals surface area contributed by atoms with Gasteiger partial charge in [-0.2, -0.15) is 0 Å². The van der Waals surface area contributed by atoms with Gasteiger partial charge in [0.05, 0.1) is 6.54 Å². The van der Waals surface area contributed by atoms with Crippen LogP contribution < -0.4 is 10.6 Å². The minimum atomic E-state index is -0.891. The molecule has 2 amide bonds. The van der Waals surface area contributed by atoms with Crippen LogP contribution in [0.5, 0.6) is 0 Å². The predicted octanol–water partition coefficient (Wildman–Crippen LogP) is 0.749. The number of hydrogen-bond donors (Lipinski definition) is 2. The summed E-state index contributed by atoms with van der Waals surface area (Å²) in [6, 6.07) is 0. The van der Waals surface area contributed by atoms with E-state index in [1.165, 1.54) is 6.92 Å². The molecule has 0 aromatic heterocycles. The molecular formula is C12H20N2O4. The Labute approximate surface area is 106 Å². The minimum Gasteiger partial charge on any atom is -0.444 e. The van der Waals surface area contributed by atoms with Crippen LogP contribution in [0.15, 0.2) is 0 Å². The SMILES string of the molecule is CC(=O)CNC(=O)C1(NC(=O)OC(C)(C)C)CC1. The van der Waals surface area contributed by atoms with Gasteiger partial charge in [0.15, 0.2) is 0 Å². The molecule has 0 radical (unpaired) electrons. The van der Waals surface area contributed by atoms with Crippen LogP contribution >= 0.6 is 0 Å². The maximum absolute atomic E-state index is 11.8. The van der Waals surface area contributed by atoms with E-state index < -0.39 is 17.2 Å². The molecule has 0 spiro atoms. The fourth-order valence-corrected chi connectivity index (χ4v) is 1.41. The number of rotatable bonds is 4. The molecule has 1 aliphatic carbocycles. The third-order valence-electron chi connectivity index (χ3n) is 2.42. The Morgan fingerprint density at radius 3 is 2.17 bits per heavy atom. The fourth-order valence-electron chi connectivity index (χ4n) is 1.41. The summed E-state index contributed by atoms with van der Waals surface area (Å²) in [5, 5.41) is 5.06. The molecule has 0 heterocycles. The molecule has 0 atom stereocenters. The Morgan fingerprint density at radius 2 is 1.78 bits per heavy atom. The molecule has 0 bridgehead atoms. The van der Waals surface area contributed by atoms with Crippen molar-refractivity contribution in [2.45, 2.75) is 51.7 Å². The number of amides is 2. The second kappa shape index (κ2) is 4.96. The Hall–Kier alpha value is -1.59. The van der Waals surface area contributed by atoms with Crippen LogP contribution in [0.1, 0.15) is 40.5 Å². The second-order valence-corrected chi connectivity index (χ2v) is 5.59. The number of nitrogens with one attached hydrogen (secondary N) is 2. The summed E-state index contributed by atoms with van der Waals surface area (Å²) in [6.07, 6.45) is 0.518. The van der Waals surface area contributed by atoms with Crippen LogP contribution in [0.4, 0.5) is 4.79 Å². The number of alkyl carbamates (subject to hydrolysis) is 1. The summed E-state index contributed by atoms with van der Waals surface area (Å²) in [4.78, 5) is 34.2. The third kappa shape index (κ3) is 4.35. The lowest BCUT2D eigenvalue weighted by atomic mass is 10.2. The molecule has 6 heteroatoms. The smallest absolute Gasteiger partial charge is 0.408 e. The Bertz CT molecular complexity index is 367. The predicted molar refractivity (Wildman–Crippen MR) is 65.0 cm³/mol. The normalized spacial score (nSPS) is 16.7. The highest BCUT2D eigenvalue weighted by Crippen LogP contribution is 2.35. The minimum absolute atomic E-state index is 0.0173. The first kappa shape index (κ1) is 14.5. The lowest BCUT2D eigenvalue weighted by molar-refractivity contribution is -0.126. The molecule has 0 saturated heterocycles. The van der Waals surface area contributed by atoms with Gasteiger partial charge < -0.3 is 15.4 Å². The fraction of sp³-hybridized carbons (Fsp3) is 0.750. The molecule has 1 rings (SSSR count). The average molecular weight is 256 g/mol. The molecule has 6 nitrogen and oxygen atoms in total. The van der Waals surface area contributed by atoms with Crippen LogP contribution in [-0.2, 0) is 14.3 Å². The molecule has 102 valence electrons. The van der Waals surface area contributed by atoms with Crippen molar-refractivity contribution >= 4 is 17.8 Å². The molecule has 1 saturated carbocycles. The number of carbonyl (C=O) groups excluding carboxylic acids is 3. The summed E-state index contributed by atoms with van der Waals surface area (Å²) in [5.74, 6) is -0.458. The average Bonchev–Trinajstić information content (AvgIpc) is 2.91. The van der Waals surface area contributed by atoms with Crippen molar-refractivity contribution in [1.29, 1.82) is 0 Å². The first-order valence-corrected chi connectivity index (χ1v) is 5.93. The van der Waals surface area contributed by atoms with Crippen LogP contribution in [0.3, 0.4) is 0 Å². The van der Waals surface area contributed by atoms with E-state index in [9.17, 15) is 14.4 Å². The molecule has 0 aromatic rings. The quantitative estimate of drug-likeness (QED) is 0.777. The zero-order valence-electron chi connectivity index (χ0n) is 11.3. The maximum atomic E-state index is 11.8. The molecule has 1 fully saturated rings. The number of hydrogen-bond acceptors (Lipinski definition) is 4. The van der Waals surface area contributed by atoms with Crippen LogP contribution in [0.25, 0.3) is 0 Å². The highest BCUT2D eigenvalue weighted by molar-refractivity contribution is 5.95. The van der Waals surface area contributed by atoms with Gasteiger partial charge in [0.1, 0.15) is 16.9 Å². The Morgan fingerprint density at radius 1 is 1.22 bits per heavy atom. The van der Waals surface area contributed by atoms with Gasteiger partial charge in [0, 0.05) is 0 Å². The first-order chi connectivity index (χ1) is 8.15. The highest BCUT2D eigenvalue weighted by atomic mass is 16.6.